The molecule has 1 N–H and O–H groups in total. The molecule has 0 aliphatic carbocycles. The fourth-order valence-electron chi connectivity index (χ4n) is 1.67. The number of methoxy groups -OCH3 is 1. The minimum atomic E-state index is -1.06. The van der Waals surface area contributed by atoms with Gasteiger partial charge in [0, 0.05) is 18.9 Å². The van der Waals surface area contributed by atoms with Gasteiger partial charge in [0.2, 0.25) is 0 Å². The van der Waals surface area contributed by atoms with E-state index in [-0.39, 0.29) is 5.56 Å². The number of carbonyl (C=O) groups is 1. The molecule has 19 heavy (non-hydrogen) atoms. The second kappa shape index (κ2) is 5.34. The molecule has 2 rings (SSSR count). The summed E-state index contributed by atoms with van der Waals surface area (Å²) in [6.45, 7) is 0. The van der Waals surface area contributed by atoms with Crippen LogP contribution in [0.1, 0.15) is 10.4 Å². The number of carboxylic acid groups (broad SMARTS) is 1. The molecule has 0 aliphatic rings. The maximum absolute atomic E-state index is 11.1. The molecular formula is C13H13N3O3. The van der Waals surface area contributed by atoms with Crippen molar-refractivity contribution in [2.24, 2.45) is 0 Å². The fraction of sp³-hybridized carbons (Fsp3) is 0.154. The van der Waals surface area contributed by atoms with Gasteiger partial charge in [0.1, 0.15) is 17.6 Å². The third-order valence-electron chi connectivity index (χ3n) is 2.70. The molecule has 0 saturated carbocycles. The predicted octanol–water partition coefficient (Wildman–Crippen LogP) is 1.95. The highest BCUT2D eigenvalue weighted by atomic mass is 16.5. The van der Waals surface area contributed by atoms with Crippen LogP contribution < -0.4 is 9.64 Å². The second-order valence-corrected chi connectivity index (χ2v) is 3.82. The van der Waals surface area contributed by atoms with Gasteiger partial charge >= 0.3 is 5.97 Å². The second-order valence-electron chi connectivity index (χ2n) is 3.82. The number of ether oxygens (including phenoxy) is 1. The molecule has 1 aromatic carbocycles. The van der Waals surface area contributed by atoms with E-state index in [4.69, 9.17) is 9.84 Å². The molecule has 0 bridgehead atoms. The maximum atomic E-state index is 11.1. The summed E-state index contributed by atoms with van der Waals surface area (Å²) in [5, 5.41) is 9.12. The topological polar surface area (TPSA) is 75.5 Å². The van der Waals surface area contributed by atoms with Gasteiger partial charge in [-0.1, -0.05) is 0 Å². The Balaban J connectivity index is 2.37. The fourth-order valence-corrected chi connectivity index (χ4v) is 1.67. The Morgan fingerprint density at radius 2 is 2.00 bits per heavy atom. The first kappa shape index (κ1) is 12.8. The number of hydrogen-bond donors (Lipinski definition) is 1. The van der Waals surface area contributed by atoms with E-state index in [1.54, 1.807) is 31.2 Å². The van der Waals surface area contributed by atoms with Crippen molar-refractivity contribution in [1.82, 2.24) is 9.97 Å². The molecule has 2 aromatic rings. The smallest absolute Gasteiger partial charge is 0.341 e. The molecule has 0 spiro atoms. The Labute approximate surface area is 110 Å². The summed E-state index contributed by atoms with van der Waals surface area (Å²) in [6, 6.07) is 7.25. The van der Waals surface area contributed by atoms with Gasteiger partial charge in [-0.3, -0.25) is 0 Å². The number of anilines is 2. The summed E-state index contributed by atoms with van der Waals surface area (Å²) in [5.74, 6) is 0.0157. The molecule has 0 radical (unpaired) electrons. The van der Waals surface area contributed by atoms with Crippen LogP contribution in [-0.2, 0) is 0 Å². The first-order valence-corrected chi connectivity index (χ1v) is 5.54. The van der Waals surface area contributed by atoms with Gasteiger partial charge in [-0.25, -0.2) is 14.8 Å². The highest BCUT2D eigenvalue weighted by Crippen LogP contribution is 2.26. The zero-order chi connectivity index (χ0) is 13.8. The van der Waals surface area contributed by atoms with Crippen molar-refractivity contribution in [1.29, 1.82) is 0 Å². The number of benzene rings is 1. The number of aromatic nitrogens is 2. The third kappa shape index (κ3) is 2.62. The summed E-state index contributed by atoms with van der Waals surface area (Å²) in [5.41, 5.74) is 0.864. The number of nitrogens with zero attached hydrogens (tertiary/aromatic N) is 3. The van der Waals surface area contributed by atoms with Gasteiger partial charge in [0.25, 0.3) is 0 Å². The van der Waals surface area contributed by atoms with Crippen LogP contribution in [0.15, 0.2) is 36.8 Å². The molecule has 6 heteroatoms. The van der Waals surface area contributed by atoms with E-state index in [9.17, 15) is 4.79 Å². The first-order chi connectivity index (χ1) is 9.13. The molecule has 6 nitrogen and oxygen atoms in total. The lowest BCUT2D eigenvalue weighted by atomic mass is 10.2. The van der Waals surface area contributed by atoms with Crippen molar-refractivity contribution in [3.63, 3.8) is 0 Å². The average molecular weight is 259 g/mol. The summed E-state index contributed by atoms with van der Waals surface area (Å²) in [4.78, 5) is 20.6. The minimum Gasteiger partial charge on any atom is -0.497 e. The highest BCUT2D eigenvalue weighted by Gasteiger charge is 2.16. The number of rotatable bonds is 4. The van der Waals surface area contributed by atoms with Crippen LogP contribution in [-0.4, -0.2) is 35.2 Å². The van der Waals surface area contributed by atoms with E-state index in [1.807, 2.05) is 12.1 Å². The number of carboxylic acids is 1. The van der Waals surface area contributed by atoms with Crippen LogP contribution in [0.5, 0.6) is 5.75 Å². The molecule has 98 valence electrons. The largest absolute Gasteiger partial charge is 0.497 e. The molecule has 1 aromatic heterocycles. The molecule has 0 amide bonds. The molecule has 0 aliphatic heterocycles. The Hall–Kier alpha value is -2.63. The Kier molecular flexibility index (Phi) is 3.61. The summed E-state index contributed by atoms with van der Waals surface area (Å²) in [7, 11) is 3.34. The van der Waals surface area contributed by atoms with Crippen LogP contribution in [0.2, 0.25) is 0 Å². The van der Waals surface area contributed by atoms with Crippen LogP contribution in [0.25, 0.3) is 0 Å². The lowest BCUT2D eigenvalue weighted by Crippen LogP contribution is -2.16. The van der Waals surface area contributed by atoms with Crippen molar-refractivity contribution in [3.05, 3.63) is 42.4 Å². The van der Waals surface area contributed by atoms with Crippen molar-refractivity contribution in [2.45, 2.75) is 0 Å². The van der Waals surface area contributed by atoms with Crippen LogP contribution in [0.4, 0.5) is 11.5 Å². The molecule has 0 saturated heterocycles. The third-order valence-corrected chi connectivity index (χ3v) is 2.70. The van der Waals surface area contributed by atoms with E-state index < -0.39 is 5.97 Å². The average Bonchev–Trinajstić information content (AvgIpc) is 2.46. The molecule has 1 heterocycles. The lowest BCUT2D eigenvalue weighted by Gasteiger charge is -2.19. The van der Waals surface area contributed by atoms with Crippen LogP contribution >= 0.6 is 0 Å². The van der Waals surface area contributed by atoms with Gasteiger partial charge in [-0.2, -0.15) is 0 Å². The molecule has 0 unspecified atom stereocenters. The van der Waals surface area contributed by atoms with Gasteiger partial charge in [0.05, 0.1) is 7.11 Å². The Morgan fingerprint density at radius 1 is 1.32 bits per heavy atom. The quantitative estimate of drug-likeness (QED) is 0.904. The minimum absolute atomic E-state index is 0.0563. The zero-order valence-corrected chi connectivity index (χ0v) is 10.6. The van der Waals surface area contributed by atoms with E-state index in [0.717, 1.165) is 11.4 Å². The van der Waals surface area contributed by atoms with Gasteiger partial charge in [0.15, 0.2) is 5.82 Å². The Bertz CT molecular complexity index is 584. The highest BCUT2D eigenvalue weighted by molar-refractivity contribution is 5.93. The van der Waals surface area contributed by atoms with E-state index in [2.05, 4.69) is 9.97 Å². The zero-order valence-electron chi connectivity index (χ0n) is 10.6. The van der Waals surface area contributed by atoms with Crippen LogP contribution in [0.3, 0.4) is 0 Å². The van der Waals surface area contributed by atoms with Gasteiger partial charge < -0.3 is 14.7 Å². The Morgan fingerprint density at radius 3 is 2.58 bits per heavy atom. The first-order valence-electron chi connectivity index (χ1n) is 5.54. The summed E-state index contributed by atoms with van der Waals surface area (Å²) in [6.07, 6.45) is 2.60. The van der Waals surface area contributed by atoms with Crippen molar-refractivity contribution in [3.8, 4) is 5.75 Å². The maximum Gasteiger partial charge on any atom is 0.341 e. The number of aromatic carboxylic acids is 1. The molecular weight excluding hydrogens is 246 g/mol. The van der Waals surface area contributed by atoms with Crippen molar-refractivity contribution < 1.29 is 14.6 Å². The lowest BCUT2D eigenvalue weighted by molar-refractivity contribution is 0.0697. The van der Waals surface area contributed by atoms with Gasteiger partial charge in [-0.05, 0) is 24.3 Å². The molecule has 0 fully saturated rings. The van der Waals surface area contributed by atoms with E-state index in [0.29, 0.717) is 5.82 Å². The summed E-state index contributed by atoms with van der Waals surface area (Å²) >= 11 is 0. The number of hydrogen-bond acceptors (Lipinski definition) is 5. The van der Waals surface area contributed by atoms with Gasteiger partial charge in [-0.15, -0.1) is 0 Å². The predicted molar refractivity (Wildman–Crippen MR) is 70.0 cm³/mol. The van der Waals surface area contributed by atoms with Crippen molar-refractivity contribution >= 4 is 17.5 Å². The molecule has 0 atom stereocenters. The summed E-state index contributed by atoms with van der Waals surface area (Å²) < 4.78 is 5.08. The monoisotopic (exact) mass is 259 g/mol. The van der Waals surface area contributed by atoms with Crippen LogP contribution in [0, 0.1) is 0 Å². The SMILES string of the molecule is COc1ccc(N(C)c2ncncc2C(=O)O)cc1. The normalized spacial score (nSPS) is 10.0. The van der Waals surface area contributed by atoms with Crippen molar-refractivity contribution in [2.75, 3.05) is 19.1 Å². The van der Waals surface area contributed by atoms with E-state index >= 15 is 0 Å². The van der Waals surface area contributed by atoms with E-state index in [1.165, 1.54) is 12.5 Å². The standard InChI is InChI=1S/C13H13N3O3/c1-16(9-3-5-10(19-2)6-4-9)12-11(13(17)18)7-14-8-15-12/h3-8H,1-2H3,(H,17,18).